The molecule has 2 aromatic carbocycles. The van der Waals surface area contributed by atoms with E-state index in [0.29, 0.717) is 17.1 Å². The first-order valence-electron chi connectivity index (χ1n) is 9.09. The van der Waals surface area contributed by atoms with Crippen LogP contribution in [0.4, 0.5) is 11.4 Å². The van der Waals surface area contributed by atoms with Gasteiger partial charge in [0.05, 0.1) is 25.5 Å². The summed E-state index contributed by atoms with van der Waals surface area (Å²) in [5.41, 5.74) is 1.05. The number of ether oxygens (including phenoxy) is 2. The van der Waals surface area contributed by atoms with Crippen LogP contribution in [0.5, 0.6) is 5.75 Å². The smallest absolute Gasteiger partial charge is 0.337 e. The van der Waals surface area contributed by atoms with Crippen molar-refractivity contribution in [3.8, 4) is 5.75 Å². The second kappa shape index (κ2) is 8.52. The lowest BCUT2D eigenvalue weighted by atomic mass is 10.2. The van der Waals surface area contributed by atoms with E-state index < -0.39 is 16.0 Å². The molecule has 1 aliphatic carbocycles. The van der Waals surface area contributed by atoms with Gasteiger partial charge in [-0.25, -0.2) is 13.2 Å². The van der Waals surface area contributed by atoms with Crippen LogP contribution in [0.3, 0.4) is 0 Å². The first kappa shape index (κ1) is 20.0. The number of hydrogen-bond donors (Lipinski definition) is 2. The van der Waals surface area contributed by atoms with E-state index in [1.54, 1.807) is 43.5 Å². The molecule has 0 saturated heterocycles. The fraction of sp³-hybridized carbons (Fsp3) is 0.350. The van der Waals surface area contributed by atoms with Crippen molar-refractivity contribution < 1.29 is 22.7 Å². The minimum atomic E-state index is -3.93. The lowest BCUT2D eigenvalue weighted by molar-refractivity contribution is 0.0600. The van der Waals surface area contributed by atoms with Gasteiger partial charge in [-0.05, 0) is 55.3 Å². The zero-order valence-electron chi connectivity index (χ0n) is 15.9. The highest BCUT2D eigenvalue weighted by Crippen LogP contribution is 2.30. The number of carbonyl (C=O) groups is 1. The largest absolute Gasteiger partial charge is 0.497 e. The number of hydrogen-bond acceptors (Lipinski definition) is 6. The van der Waals surface area contributed by atoms with Crippen molar-refractivity contribution in [2.45, 2.75) is 36.6 Å². The maximum absolute atomic E-state index is 13.1. The molecule has 1 aliphatic rings. The van der Waals surface area contributed by atoms with Gasteiger partial charge in [0, 0.05) is 11.7 Å². The van der Waals surface area contributed by atoms with Crippen molar-refractivity contribution in [2.75, 3.05) is 24.3 Å². The number of carbonyl (C=O) groups excluding carboxylic acids is 1. The number of methoxy groups -OCH3 is 2. The third kappa shape index (κ3) is 4.56. The van der Waals surface area contributed by atoms with Gasteiger partial charge in [-0.2, -0.15) is 0 Å². The quantitative estimate of drug-likeness (QED) is 0.685. The fourth-order valence-electron chi connectivity index (χ4n) is 3.27. The lowest BCUT2D eigenvalue weighted by Crippen LogP contribution is -2.20. The van der Waals surface area contributed by atoms with Crippen LogP contribution in [0.15, 0.2) is 47.4 Å². The van der Waals surface area contributed by atoms with Crippen LogP contribution in [-0.2, 0) is 14.8 Å². The van der Waals surface area contributed by atoms with Crippen LogP contribution in [-0.4, -0.2) is 34.6 Å². The monoisotopic (exact) mass is 404 g/mol. The van der Waals surface area contributed by atoms with E-state index in [-0.39, 0.29) is 16.5 Å². The Kier molecular flexibility index (Phi) is 6.08. The molecule has 0 bridgehead atoms. The molecule has 8 heteroatoms. The maximum Gasteiger partial charge on any atom is 0.337 e. The van der Waals surface area contributed by atoms with Gasteiger partial charge in [-0.15, -0.1) is 0 Å². The number of benzene rings is 2. The number of rotatable bonds is 7. The van der Waals surface area contributed by atoms with Gasteiger partial charge in [-0.3, -0.25) is 4.72 Å². The molecule has 0 atom stereocenters. The Morgan fingerprint density at radius 3 is 2.32 bits per heavy atom. The number of nitrogens with one attached hydrogen (secondary N) is 2. The minimum absolute atomic E-state index is 0.0121. The zero-order valence-corrected chi connectivity index (χ0v) is 16.7. The molecule has 0 aromatic heterocycles. The topological polar surface area (TPSA) is 93.7 Å². The van der Waals surface area contributed by atoms with E-state index in [9.17, 15) is 13.2 Å². The van der Waals surface area contributed by atoms with E-state index in [2.05, 4.69) is 10.0 Å². The lowest BCUT2D eigenvalue weighted by Gasteiger charge is -2.18. The third-order valence-electron chi connectivity index (χ3n) is 4.75. The summed E-state index contributed by atoms with van der Waals surface area (Å²) in [6.45, 7) is 0. The van der Waals surface area contributed by atoms with Crippen LogP contribution in [0.1, 0.15) is 36.0 Å². The van der Waals surface area contributed by atoms with Gasteiger partial charge in [0.1, 0.15) is 10.6 Å². The first-order chi connectivity index (χ1) is 13.4. The highest BCUT2D eigenvalue weighted by Gasteiger charge is 2.24. The average Bonchev–Trinajstić information content (AvgIpc) is 3.21. The SMILES string of the molecule is COC(=O)c1ccc(NC2CCCC2)c(S(=O)(=O)Nc2ccc(OC)cc2)c1. The van der Waals surface area contributed by atoms with Crippen LogP contribution >= 0.6 is 0 Å². The van der Waals surface area contributed by atoms with Gasteiger partial charge in [-0.1, -0.05) is 12.8 Å². The Labute approximate surface area is 165 Å². The van der Waals surface area contributed by atoms with Gasteiger partial charge < -0.3 is 14.8 Å². The van der Waals surface area contributed by atoms with Gasteiger partial charge in [0.25, 0.3) is 10.0 Å². The molecule has 150 valence electrons. The summed E-state index contributed by atoms with van der Waals surface area (Å²) in [6.07, 6.45) is 4.21. The number of esters is 1. The number of sulfonamides is 1. The van der Waals surface area contributed by atoms with Crippen molar-refractivity contribution in [1.29, 1.82) is 0 Å². The van der Waals surface area contributed by atoms with Crippen molar-refractivity contribution in [3.05, 3.63) is 48.0 Å². The minimum Gasteiger partial charge on any atom is -0.497 e. The predicted molar refractivity (Wildman–Crippen MR) is 107 cm³/mol. The molecule has 2 aromatic rings. The molecule has 1 fully saturated rings. The third-order valence-corrected chi connectivity index (χ3v) is 6.17. The molecule has 0 aliphatic heterocycles. The Hall–Kier alpha value is -2.74. The van der Waals surface area contributed by atoms with E-state index in [4.69, 9.17) is 9.47 Å². The predicted octanol–water partition coefficient (Wildman–Crippen LogP) is 3.64. The second-order valence-electron chi connectivity index (χ2n) is 6.66. The summed E-state index contributed by atoms with van der Waals surface area (Å²) in [7, 11) is -1.13. The van der Waals surface area contributed by atoms with Crippen molar-refractivity contribution in [2.24, 2.45) is 0 Å². The summed E-state index contributed by atoms with van der Waals surface area (Å²) in [5, 5.41) is 3.31. The van der Waals surface area contributed by atoms with Crippen molar-refractivity contribution in [1.82, 2.24) is 0 Å². The molecule has 28 heavy (non-hydrogen) atoms. The summed E-state index contributed by atoms with van der Waals surface area (Å²) >= 11 is 0. The normalized spacial score (nSPS) is 14.5. The van der Waals surface area contributed by atoms with Crippen LogP contribution < -0.4 is 14.8 Å². The highest BCUT2D eigenvalue weighted by atomic mass is 32.2. The molecule has 1 saturated carbocycles. The van der Waals surface area contributed by atoms with Crippen molar-refractivity contribution >= 4 is 27.4 Å². The molecule has 2 N–H and O–H groups in total. The van der Waals surface area contributed by atoms with E-state index in [0.717, 1.165) is 25.7 Å². The molecule has 0 spiro atoms. The van der Waals surface area contributed by atoms with E-state index >= 15 is 0 Å². The second-order valence-corrected chi connectivity index (χ2v) is 8.31. The molecule has 7 nitrogen and oxygen atoms in total. The molecular weight excluding hydrogens is 380 g/mol. The standard InChI is InChI=1S/C20H24N2O5S/c1-26-17-10-8-16(9-11-17)22-28(24,25)19-13-14(20(23)27-2)7-12-18(19)21-15-5-3-4-6-15/h7-13,15,21-22H,3-6H2,1-2H3. The van der Waals surface area contributed by atoms with E-state index in [1.807, 2.05) is 0 Å². The maximum atomic E-state index is 13.1. The molecule has 0 radical (unpaired) electrons. The van der Waals surface area contributed by atoms with Crippen LogP contribution in [0, 0.1) is 0 Å². The summed E-state index contributed by atoms with van der Waals surface area (Å²) in [4.78, 5) is 11.9. The summed E-state index contributed by atoms with van der Waals surface area (Å²) < 4.78 is 38.5. The van der Waals surface area contributed by atoms with Crippen LogP contribution in [0.25, 0.3) is 0 Å². The highest BCUT2D eigenvalue weighted by molar-refractivity contribution is 7.92. The molecular formula is C20H24N2O5S. The molecule has 0 heterocycles. The Morgan fingerprint density at radius 2 is 1.71 bits per heavy atom. The Bertz CT molecular complexity index is 936. The first-order valence-corrected chi connectivity index (χ1v) is 10.6. The summed E-state index contributed by atoms with van der Waals surface area (Å²) in [5.74, 6) is 0.0348. The van der Waals surface area contributed by atoms with E-state index in [1.165, 1.54) is 13.2 Å². The molecule has 3 rings (SSSR count). The van der Waals surface area contributed by atoms with Gasteiger partial charge >= 0.3 is 5.97 Å². The summed E-state index contributed by atoms with van der Waals surface area (Å²) in [6, 6.07) is 11.3. The average molecular weight is 404 g/mol. The van der Waals surface area contributed by atoms with Crippen LogP contribution in [0.2, 0.25) is 0 Å². The van der Waals surface area contributed by atoms with Gasteiger partial charge in [0.15, 0.2) is 0 Å². The number of anilines is 2. The fourth-order valence-corrected chi connectivity index (χ4v) is 4.52. The van der Waals surface area contributed by atoms with Crippen molar-refractivity contribution in [3.63, 3.8) is 0 Å². The molecule has 0 amide bonds. The Balaban J connectivity index is 1.95. The zero-order chi connectivity index (χ0) is 20.1. The van der Waals surface area contributed by atoms with Gasteiger partial charge in [0.2, 0.25) is 0 Å². The Morgan fingerprint density at radius 1 is 1.04 bits per heavy atom. The molecule has 0 unspecified atom stereocenters.